The van der Waals surface area contributed by atoms with Crippen LogP contribution in [0.25, 0.3) is 22.2 Å². The largest absolute Gasteiger partial charge is 0.469 e. The number of aryl methyl sites for hydroxylation is 1. The van der Waals surface area contributed by atoms with Gasteiger partial charge >= 0.3 is 5.97 Å². The Balaban J connectivity index is 2.29. The van der Waals surface area contributed by atoms with Crippen molar-refractivity contribution in [1.82, 2.24) is 4.57 Å². The molecular weight excluding hydrogens is 262 g/mol. The van der Waals surface area contributed by atoms with Gasteiger partial charge in [-0.25, -0.2) is 0 Å². The lowest BCUT2D eigenvalue weighted by molar-refractivity contribution is -0.139. The van der Waals surface area contributed by atoms with Crippen molar-refractivity contribution >= 4 is 16.9 Å². The lowest BCUT2D eigenvalue weighted by Gasteiger charge is -2.07. The van der Waals surface area contributed by atoms with Crippen molar-refractivity contribution in [3.05, 3.63) is 60.2 Å². The maximum atomic E-state index is 11.8. The second kappa shape index (κ2) is 5.44. The summed E-state index contributed by atoms with van der Waals surface area (Å²) in [5.74, 6) is -0.219. The predicted molar refractivity (Wildman–Crippen MR) is 84.1 cm³/mol. The number of rotatable bonds is 3. The molecule has 0 aliphatic carbocycles. The molecule has 0 fully saturated rings. The number of ether oxygens (including phenoxy) is 1. The highest BCUT2D eigenvalue weighted by Gasteiger charge is 2.18. The van der Waals surface area contributed by atoms with Gasteiger partial charge in [0, 0.05) is 18.0 Å². The molecule has 0 spiro atoms. The molecule has 0 aliphatic heterocycles. The average Bonchev–Trinajstić information content (AvgIpc) is 2.81. The number of aromatic nitrogens is 1. The number of carbonyl (C=O) groups is 1. The number of methoxy groups -OCH3 is 1. The molecule has 3 nitrogen and oxygen atoms in total. The smallest absolute Gasteiger partial charge is 0.310 e. The van der Waals surface area contributed by atoms with Crippen LogP contribution in [0.2, 0.25) is 0 Å². The third-order valence-electron chi connectivity index (χ3n) is 3.81. The van der Waals surface area contributed by atoms with Gasteiger partial charge in [0.1, 0.15) is 0 Å². The molecule has 0 aliphatic rings. The van der Waals surface area contributed by atoms with Crippen LogP contribution < -0.4 is 0 Å². The Morgan fingerprint density at radius 1 is 1.05 bits per heavy atom. The number of fused-ring (bicyclic) bond motifs is 1. The SMILES string of the molecule is COC(=O)Cc1c(-c2ccccc2)n(C)c2ccccc12. The number of para-hydroxylation sites is 1. The molecule has 0 bridgehead atoms. The van der Waals surface area contributed by atoms with Gasteiger partial charge in [0.05, 0.1) is 19.2 Å². The van der Waals surface area contributed by atoms with Gasteiger partial charge < -0.3 is 9.30 Å². The van der Waals surface area contributed by atoms with Crippen LogP contribution in [0.3, 0.4) is 0 Å². The minimum Gasteiger partial charge on any atom is -0.469 e. The predicted octanol–water partition coefficient (Wildman–Crippen LogP) is 3.56. The molecule has 1 aromatic heterocycles. The Bertz CT molecular complexity index is 788. The number of nitrogens with zero attached hydrogens (tertiary/aromatic N) is 1. The van der Waals surface area contributed by atoms with Crippen molar-refractivity contribution in [2.75, 3.05) is 7.11 Å². The van der Waals surface area contributed by atoms with E-state index in [1.807, 2.05) is 37.4 Å². The Labute approximate surface area is 123 Å². The van der Waals surface area contributed by atoms with Crippen molar-refractivity contribution in [3.8, 4) is 11.3 Å². The molecule has 3 rings (SSSR count). The summed E-state index contributed by atoms with van der Waals surface area (Å²) in [6.07, 6.45) is 0.280. The second-order valence-corrected chi connectivity index (χ2v) is 5.02. The van der Waals surface area contributed by atoms with Crippen LogP contribution in [0.4, 0.5) is 0 Å². The zero-order valence-electron chi connectivity index (χ0n) is 12.2. The van der Waals surface area contributed by atoms with Crippen LogP contribution in [0.5, 0.6) is 0 Å². The monoisotopic (exact) mass is 279 g/mol. The summed E-state index contributed by atoms with van der Waals surface area (Å²) in [5, 5.41) is 1.10. The van der Waals surface area contributed by atoms with Gasteiger partial charge in [0.25, 0.3) is 0 Å². The first-order valence-electron chi connectivity index (χ1n) is 6.91. The number of hydrogen-bond acceptors (Lipinski definition) is 2. The van der Waals surface area contributed by atoms with Crippen LogP contribution in [-0.4, -0.2) is 17.6 Å². The number of benzene rings is 2. The zero-order chi connectivity index (χ0) is 14.8. The van der Waals surface area contributed by atoms with Crippen molar-refractivity contribution in [2.24, 2.45) is 7.05 Å². The van der Waals surface area contributed by atoms with E-state index in [-0.39, 0.29) is 12.4 Å². The molecule has 0 unspecified atom stereocenters. The van der Waals surface area contributed by atoms with E-state index >= 15 is 0 Å². The molecule has 0 atom stereocenters. The molecule has 0 N–H and O–H groups in total. The number of esters is 1. The highest BCUT2D eigenvalue weighted by atomic mass is 16.5. The van der Waals surface area contributed by atoms with Gasteiger partial charge in [0.2, 0.25) is 0 Å². The van der Waals surface area contributed by atoms with Crippen LogP contribution >= 0.6 is 0 Å². The van der Waals surface area contributed by atoms with Crippen molar-refractivity contribution < 1.29 is 9.53 Å². The zero-order valence-corrected chi connectivity index (χ0v) is 12.2. The first-order chi connectivity index (χ1) is 10.2. The topological polar surface area (TPSA) is 31.2 Å². The van der Waals surface area contributed by atoms with Gasteiger partial charge in [-0.3, -0.25) is 4.79 Å². The van der Waals surface area contributed by atoms with Crippen LogP contribution in [-0.2, 0) is 23.0 Å². The lowest BCUT2D eigenvalue weighted by atomic mass is 10.0. The first-order valence-corrected chi connectivity index (χ1v) is 6.91. The van der Waals surface area contributed by atoms with E-state index < -0.39 is 0 Å². The van der Waals surface area contributed by atoms with Crippen molar-refractivity contribution in [1.29, 1.82) is 0 Å². The van der Waals surface area contributed by atoms with E-state index in [1.54, 1.807) is 0 Å². The second-order valence-electron chi connectivity index (χ2n) is 5.02. The fourth-order valence-electron chi connectivity index (χ4n) is 2.83. The molecule has 106 valence electrons. The van der Waals surface area contributed by atoms with Gasteiger partial charge in [-0.2, -0.15) is 0 Å². The molecule has 1 heterocycles. The molecule has 0 saturated heterocycles. The van der Waals surface area contributed by atoms with Gasteiger partial charge in [-0.1, -0.05) is 48.5 Å². The van der Waals surface area contributed by atoms with E-state index in [1.165, 1.54) is 7.11 Å². The third kappa shape index (κ3) is 2.31. The number of carbonyl (C=O) groups excluding carboxylic acids is 1. The Morgan fingerprint density at radius 2 is 1.71 bits per heavy atom. The summed E-state index contributed by atoms with van der Waals surface area (Å²) in [4.78, 5) is 11.8. The van der Waals surface area contributed by atoms with Crippen molar-refractivity contribution in [3.63, 3.8) is 0 Å². The average molecular weight is 279 g/mol. The minimum atomic E-state index is -0.219. The summed E-state index contributed by atoms with van der Waals surface area (Å²) in [7, 11) is 3.46. The quantitative estimate of drug-likeness (QED) is 0.686. The molecule has 21 heavy (non-hydrogen) atoms. The summed E-state index contributed by atoms with van der Waals surface area (Å²) in [5.41, 5.74) is 4.32. The normalized spacial score (nSPS) is 10.8. The highest BCUT2D eigenvalue weighted by Crippen LogP contribution is 2.33. The minimum absolute atomic E-state index is 0.219. The first kappa shape index (κ1) is 13.4. The summed E-state index contributed by atoms with van der Waals surface area (Å²) in [6, 6.07) is 18.3. The van der Waals surface area contributed by atoms with E-state index in [9.17, 15) is 4.79 Å². The van der Waals surface area contributed by atoms with Gasteiger partial charge in [-0.05, 0) is 17.2 Å². The van der Waals surface area contributed by atoms with E-state index in [0.29, 0.717) is 0 Å². The van der Waals surface area contributed by atoms with Crippen LogP contribution in [0, 0.1) is 0 Å². The number of hydrogen-bond donors (Lipinski definition) is 0. The summed E-state index contributed by atoms with van der Waals surface area (Å²) in [6.45, 7) is 0. The fraction of sp³-hybridized carbons (Fsp3) is 0.167. The fourth-order valence-corrected chi connectivity index (χ4v) is 2.83. The maximum absolute atomic E-state index is 11.8. The van der Waals surface area contributed by atoms with Gasteiger partial charge in [0.15, 0.2) is 0 Å². The maximum Gasteiger partial charge on any atom is 0.310 e. The molecule has 2 aromatic carbocycles. The Kier molecular flexibility index (Phi) is 3.48. The standard InChI is InChI=1S/C18H17NO2/c1-19-16-11-7-6-10-14(16)15(12-17(20)21-2)18(19)13-8-4-3-5-9-13/h3-11H,12H2,1-2H3. The third-order valence-corrected chi connectivity index (χ3v) is 3.81. The van der Waals surface area contributed by atoms with E-state index in [4.69, 9.17) is 4.74 Å². The Morgan fingerprint density at radius 3 is 2.43 bits per heavy atom. The summed E-state index contributed by atoms with van der Waals surface area (Å²) >= 11 is 0. The molecule has 0 amide bonds. The van der Waals surface area contributed by atoms with Crippen LogP contribution in [0.1, 0.15) is 5.56 Å². The van der Waals surface area contributed by atoms with E-state index in [2.05, 4.69) is 28.8 Å². The van der Waals surface area contributed by atoms with Crippen molar-refractivity contribution in [2.45, 2.75) is 6.42 Å². The molecule has 0 saturated carbocycles. The van der Waals surface area contributed by atoms with Crippen LogP contribution in [0.15, 0.2) is 54.6 Å². The molecule has 0 radical (unpaired) electrons. The molecule has 3 heteroatoms. The molecular formula is C18H17NO2. The lowest BCUT2D eigenvalue weighted by Crippen LogP contribution is -2.05. The molecule has 3 aromatic rings. The highest BCUT2D eigenvalue weighted by molar-refractivity contribution is 5.95. The van der Waals surface area contributed by atoms with Gasteiger partial charge in [-0.15, -0.1) is 0 Å². The van der Waals surface area contributed by atoms with E-state index in [0.717, 1.165) is 27.7 Å². The Hall–Kier alpha value is -2.55. The summed E-state index contributed by atoms with van der Waals surface area (Å²) < 4.78 is 7.00.